The van der Waals surface area contributed by atoms with Gasteiger partial charge in [-0.1, -0.05) is 18.6 Å². The molecule has 0 bridgehead atoms. The molecule has 2 rings (SSSR count). The molecule has 0 N–H and O–H groups in total. The standard InChI is InChI=1S/C11H11.2ClH.Ti/c1-8-6-7-9(2)11-5-3-4-10(8)11;;;/h3-7H,1-2H3;2*1H;/q-1;;;. The topological polar surface area (TPSA) is 0 Å². The number of hydrogen-bond acceptors (Lipinski definition) is 0. The van der Waals surface area contributed by atoms with Gasteiger partial charge in [-0.3, -0.25) is 0 Å². The summed E-state index contributed by atoms with van der Waals surface area (Å²) in [7, 11) is 0. The molecule has 0 radical (unpaired) electrons. The third-order valence-electron chi connectivity index (χ3n) is 2.25. The van der Waals surface area contributed by atoms with Gasteiger partial charge < -0.3 is 0 Å². The van der Waals surface area contributed by atoms with Crippen LogP contribution < -0.4 is 0 Å². The van der Waals surface area contributed by atoms with Crippen molar-refractivity contribution in [2.24, 2.45) is 0 Å². The van der Waals surface area contributed by atoms with Gasteiger partial charge in [0.2, 0.25) is 0 Å². The summed E-state index contributed by atoms with van der Waals surface area (Å²) in [5.41, 5.74) is 2.74. The van der Waals surface area contributed by atoms with Crippen molar-refractivity contribution in [1.29, 1.82) is 0 Å². The van der Waals surface area contributed by atoms with Gasteiger partial charge in [0.1, 0.15) is 0 Å². The van der Waals surface area contributed by atoms with Crippen molar-refractivity contribution < 1.29 is 21.7 Å². The van der Waals surface area contributed by atoms with Crippen LogP contribution >= 0.6 is 24.8 Å². The molecule has 0 atom stereocenters. The van der Waals surface area contributed by atoms with Gasteiger partial charge in [0, 0.05) is 21.7 Å². The summed E-state index contributed by atoms with van der Waals surface area (Å²) in [6, 6.07) is 10.8. The van der Waals surface area contributed by atoms with Gasteiger partial charge in [0.25, 0.3) is 0 Å². The Morgan fingerprint density at radius 2 is 1.50 bits per heavy atom. The molecule has 0 aromatic heterocycles. The minimum absolute atomic E-state index is 0. The van der Waals surface area contributed by atoms with Crippen LogP contribution in [-0.2, 0) is 21.7 Å². The molecule has 0 nitrogen and oxygen atoms in total. The Morgan fingerprint density at radius 1 is 0.929 bits per heavy atom. The van der Waals surface area contributed by atoms with Crippen LogP contribution in [0, 0.1) is 13.8 Å². The summed E-state index contributed by atoms with van der Waals surface area (Å²) >= 11 is 0. The van der Waals surface area contributed by atoms with Crippen LogP contribution in [0.1, 0.15) is 11.1 Å². The third kappa shape index (κ3) is 2.81. The van der Waals surface area contributed by atoms with E-state index in [9.17, 15) is 0 Å². The van der Waals surface area contributed by atoms with E-state index in [0.717, 1.165) is 0 Å². The fourth-order valence-corrected chi connectivity index (χ4v) is 1.54. The van der Waals surface area contributed by atoms with Crippen molar-refractivity contribution in [1.82, 2.24) is 0 Å². The summed E-state index contributed by atoms with van der Waals surface area (Å²) in [6.45, 7) is 4.31. The fraction of sp³-hybridized carbons (Fsp3) is 0.182. The molecule has 0 saturated heterocycles. The van der Waals surface area contributed by atoms with Crippen molar-refractivity contribution in [2.75, 3.05) is 0 Å². The molecule has 2 aromatic rings. The van der Waals surface area contributed by atoms with Gasteiger partial charge in [-0.2, -0.15) is 12.1 Å². The van der Waals surface area contributed by atoms with E-state index in [0.29, 0.717) is 0 Å². The monoisotopic (exact) mass is 263 g/mol. The molecule has 2 aromatic carbocycles. The largest absolute Gasteiger partial charge is 0.168 e. The Labute approximate surface area is 112 Å². The summed E-state index contributed by atoms with van der Waals surface area (Å²) in [5, 5.41) is 2.79. The van der Waals surface area contributed by atoms with Crippen molar-refractivity contribution in [3.05, 3.63) is 41.5 Å². The Kier molecular flexibility index (Phi) is 7.78. The molecular weight excluding hydrogens is 251 g/mol. The van der Waals surface area contributed by atoms with E-state index in [1.165, 1.54) is 21.9 Å². The van der Waals surface area contributed by atoms with Crippen LogP contribution in [0.2, 0.25) is 0 Å². The second-order valence-electron chi connectivity index (χ2n) is 3.05. The summed E-state index contributed by atoms with van der Waals surface area (Å²) in [4.78, 5) is 0. The average molecular weight is 264 g/mol. The van der Waals surface area contributed by atoms with Gasteiger partial charge in [-0.05, 0) is 6.92 Å². The first-order valence-electron chi connectivity index (χ1n) is 3.90. The Morgan fingerprint density at radius 3 is 2.07 bits per heavy atom. The normalized spacial score (nSPS) is 8.43. The molecule has 0 saturated carbocycles. The maximum Gasteiger partial charge on any atom is 0 e. The number of hydrogen-bond donors (Lipinski definition) is 0. The van der Waals surface area contributed by atoms with E-state index >= 15 is 0 Å². The molecule has 0 aliphatic heterocycles. The SMILES string of the molecule is Cc1ccc(C)c2[cH-]ccc12.Cl.Cl.[Ti]. The smallest absolute Gasteiger partial charge is 0 e. The van der Waals surface area contributed by atoms with Crippen LogP contribution in [0.3, 0.4) is 0 Å². The molecule has 0 unspecified atom stereocenters. The van der Waals surface area contributed by atoms with Crippen LogP contribution in [0.4, 0.5) is 0 Å². The quantitative estimate of drug-likeness (QED) is 0.498. The minimum Gasteiger partial charge on any atom is -0.168 e. The minimum atomic E-state index is 0. The third-order valence-corrected chi connectivity index (χ3v) is 2.25. The maximum absolute atomic E-state index is 2.18. The van der Waals surface area contributed by atoms with Crippen molar-refractivity contribution in [3.63, 3.8) is 0 Å². The van der Waals surface area contributed by atoms with Gasteiger partial charge in [-0.15, -0.1) is 53.3 Å². The first-order valence-corrected chi connectivity index (χ1v) is 3.90. The number of fused-ring (bicyclic) bond motifs is 1. The zero-order chi connectivity index (χ0) is 7.84. The number of benzene rings is 1. The average Bonchev–Trinajstić information content (AvgIpc) is 2.45. The fourth-order valence-electron chi connectivity index (χ4n) is 1.54. The van der Waals surface area contributed by atoms with E-state index in [1.54, 1.807) is 0 Å². The van der Waals surface area contributed by atoms with E-state index < -0.39 is 0 Å². The zero-order valence-corrected chi connectivity index (χ0v) is 11.4. The second-order valence-corrected chi connectivity index (χ2v) is 3.05. The molecule has 3 heteroatoms. The van der Waals surface area contributed by atoms with Gasteiger partial charge in [0.15, 0.2) is 0 Å². The Bertz CT molecular complexity index is 357. The van der Waals surface area contributed by atoms with Gasteiger partial charge in [0.05, 0.1) is 0 Å². The first-order chi connectivity index (χ1) is 5.29. The second kappa shape index (κ2) is 6.58. The van der Waals surface area contributed by atoms with Crippen molar-refractivity contribution >= 4 is 35.6 Å². The number of rotatable bonds is 0. The molecule has 0 heterocycles. The Balaban J connectivity index is 0. The molecule has 14 heavy (non-hydrogen) atoms. The molecule has 0 spiro atoms. The molecule has 76 valence electrons. The van der Waals surface area contributed by atoms with E-state index in [4.69, 9.17) is 0 Å². The predicted octanol–water partition coefficient (Wildman–Crippen LogP) is 4.02. The molecular formula is C11H13Cl2Ti-. The van der Waals surface area contributed by atoms with Crippen molar-refractivity contribution in [3.8, 4) is 0 Å². The number of halogens is 2. The molecule has 0 aliphatic carbocycles. The van der Waals surface area contributed by atoms with Crippen LogP contribution in [0.15, 0.2) is 30.3 Å². The molecule has 0 aliphatic rings. The summed E-state index contributed by atoms with van der Waals surface area (Å²) in [6.07, 6.45) is 0. The van der Waals surface area contributed by atoms with Crippen molar-refractivity contribution in [2.45, 2.75) is 13.8 Å². The predicted molar refractivity (Wildman–Crippen MR) is 63.5 cm³/mol. The number of aryl methyl sites for hydroxylation is 2. The molecule has 0 fully saturated rings. The first kappa shape index (κ1) is 16.6. The molecule has 0 amide bonds. The zero-order valence-electron chi connectivity index (χ0n) is 8.20. The van der Waals surface area contributed by atoms with Crippen LogP contribution in [-0.4, -0.2) is 0 Å². The van der Waals surface area contributed by atoms with Gasteiger partial charge >= 0.3 is 0 Å². The van der Waals surface area contributed by atoms with E-state index in [2.05, 4.69) is 44.2 Å². The summed E-state index contributed by atoms with van der Waals surface area (Å²) in [5.74, 6) is 0. The van der Waals surface area contributed by atoms with Gasteiger partial charge in [-0.25, -0.2) is 0 Å². The summed E-state index contributed by atoms with van der Waals surface area (Å²) < 4.78 is 0. The van der Waals surface area contributed by atoms with Crippen LogP contribution in [0.5, 0.6) is 0 Å². The van der Waals surface area contributed by atoms with E-state index in [1.807, 2.05) is 0 Å². The van der Waals surface area contributed by atoms with Crippen LogP contribution in [0.25, 0.3) is 10.8 Å². The van der Waals surface area contributed by atoms with E-state index in [-0.39, 0.29) is 46.5 Å². The maximum atomic E-state index is 2.18. The Hall–Kier alpha value is 0.124.